The predicted octanol–water partition coefficient (Wildman–Crippen LogP) is 4.52. The van der Waals surface area contributed by atoms with Crippen molar-refractivity contribution in [2.45, 2.75) is 52.1 Å². The van der Waals surface area contributed by atoms with Gasteiger partial charge in [-0.3, -0.25) is 13.9 Å². The van der Waals surface area contributed by atoms with E-state index in [9.17, 15) is 18.0 Å². The standard InChI is InChI=1S/C25H33Cl2N3O4S/c1-5-18(3)28-25(32)21(6-2)29(16-15-19-11-8-7-9-12-19)23(31)17-30(35(4,33)34)22-14-10-13-20(26)24(22)27/h7-14,18,21H,5-6,15-17H2,1-4H3,(H,28,32)/t18-,21-/m1/s1. The van der Waals surface area contributed by atoms with Crippen molar-refractivity contribution in [3.05, 3.63) is 64.1 Å². The second-order valence-corrected chi connectivity index (χ2v) is 11.1. The van der Waals surface area contributed by atoms with Crippen LogP contribution in [-0.4, -0.2) is 56.6 Å². The number of rotatable bonds is 12. The molecule has 0 saturated heterocycles. The van der Waals surface area contributed by atoms with E-state index in [4.69, 9.17) is 23.2 Å². The van der Waals surface area contributed by atoms with E-state index >= 15 is 0 Å². The number of amides is 2. The minimum absolute atomic E-state index is 0.0322. The average Bonchev–Trinajstić information content (AvgIpc) is 2.81. The highest BCUT2D eigenvalue weighted by Gasteiger charge is 2.32. The van der Waals surface area contributed by atoms with Crippen LogP contribution in [0, 0.1) is 0 Å². The van der Waals surface area contributed by atoms with Crippen LogP contribution < -0.4 is 9.62 Å². The Morgan fingerprint density at radius 1 is 1.00 bits per heavy atom. The lowest BCUT2D eigenvalue weighted by Gasteiger charge is -2.33. The third-order valence-electron chi connectivity index (χ3n) is 5.75. The number of carbonyl (C=O) groups is 2. The Kier molecular flexibility index (Phi) is 10.9. The molecule has 0 spiro atoms. The molecular formula is C25H33Cl2N3O4S. The van der Waals surface area contributed by atoms with Crippen LogP contribution in [0.2, 0.25) is 10.0 Å². The van der Waals surface area contributed by atoms with E-state index in [0.717, 1.165) is 22.5 Å². The monoisotopic (exact) mass is 541 g/mol. The smallest absolute Gasteiger partial charge is 0.244 e. The first kappa shape index (κ1) is 28.9. The van der Waals surface area contributed by atoms with Crippen molar-refractivity contribution in [2.75, 3.05) is 23.7 Å². The summed E-state index contributed by atoms with van der Waals surface area (Å²) in [5.41, 5.74) is 1.11. The number of nitrogens with zero attached hydrogens (tertiary/aromatic N) is 2. The van der Waals surface area contributed by atoms with Crippen molar-refractivity contribution in [3.8, 4) is 0 Å². The Hall–Kier alpha value is -2.29. The van der Waals surface area contributed by atoms with Crippen LogP contribution in [0.1, 0.15) is 39.2 Å². The second-order valence-electron chi connectivity index (χ2n) is 8.41. The number of nitrogens with one attached hydrogen (secondary N) is 1. The maximum absolute atomic E-state index is 13.6. The van der Waals surface area contributed by atoms with Gasteiger partial charge in [0.1, 0.15) is 12.6 Å². The maximum atomic E-state index is 13.6. The van der Waals surface area contributed by atoms with E-state index in [1.54, 1.807) is 6.07 Å². The molecule has 35 heavy (non-hydrogen) atoms. The summed E-state index contributed by atoms with van der Waals surface area (Å²) in [5, 5.41) is 3.15. The molecule has 7 nitrogen and oxygen atoms in total. The molecule has 2 amide bonds. The van der Waals surface area contributed by atoms with Gasteiger partial charge in [0.2, 0.25) is 21.8 Å². The molecule has 0 radical (unpaired) electrons. The zero-order chi connectivity index (χ0) is 26.2. The fraction of sp³-hybridized carbons (Fsp3) is 0.440. The van der Waals surface area contributed by atoms with Gasteiger partial charge in [0.05, 0.1) is 22.0 Å². The van der Waals surface area contributed by atoms with Gasteiger partial charge in [-0.25, -0.2) is 8.42 Å². The maximum Gasteiger partial charge on any atom is 0.244 e. The SMILES string of the molecule is CC[C@@H](C)NC(=O)[C@@H](CC)N(CCc1ccccc1)C(=O)CN(c1cccc(Cl)c1Cl)S(C)(=O)=O. The van der Waals surface area contributed by atoms with E-state index in [1.165, 1.54) is 17.0 Å². The lowest BCUT2D eigenvalue weighted by molar-refractivity contribution is -0.139. The molecule has 1 N–H and O–H groups in total. The van der Waals surface area contributed by atoms with Crippen molar-refractivity contribution >= 4 is 50.7 Å². The van der Waals surface area contributed by atoms with Gasteiger partial charge in [-0.05, 0) is 43.9 Å². The minimum atomic E-state index is -3.89. The highest BCUT2D eigenvalue weighted by molar-refractivity contribution is 7.92. The van der Waals surface area contributed by atoms with Crippen LogP contribution in [0.4, 0.5) is 5.69 Å². The van der Waals surface area contributed by atoms with Crippen molar-refractivity contribution < 1.29 is 18.0 Å². The highest BCUT2D eigenvalue weighted by atomic mass is 35.5. The molecule has 0 saturated carbocycles. The molecule has 2 atom stereocenters. The summed E-state index contributed by atoms with van der Waals surface area (Å²) in [4.78, 5) is 28.2. The molecule has 0 aliphatic rings. The summed E-state index contributed by atoms with van der Waals surface area (Å²) in [6.45, 7) is 5.42. The molecule has 0 bridgehead atoms. The van der Waals surface area contributed by atoms with Gasteiger partial charge < -0.3 is 10.2 Å². The first-order valence-corrected chi connectivity index (χ1v) is 14.1. The summed E-state index contributed by atoms with van der Waals surface area (Å²) < 4.78 is 26.3. The number of halogens is 2. The van der Waals surface area contributed by atoms with E-state index in [2.05, 4.69) is 5.32 Å². The van der Waals surface area contributed by atoms with Crippen molar-refractivity contribution in [1.29, 1.82) is 0 Å². The fourth-order valence-corrected chi connectivity index (χ4v) is 4.92. The van der Waals surface area contributed by atoms with Gasteiger partial charge >= 0.3 is 0 Å². The second kappa shape index (κ2) is 13.1. The van der Waals surface area contributed by atoms with Crippen LogP contribution in [-0.2, 0) is 26.0 Å². The zero-order valence-electron chi connectivity index (χ0n) is 20.5. The van der Waals surface area contributed by atoms with Crippen LogP contribution in [0.5, 0.6) is 0 Å². The van der Waals surface area contributed by atoms with E-state index in [0.29, 0.717) is 12.8 Å². The summed E-state index contributed by atoms with van der Waals surface area (Å²) in [6, 6.07) is 13.4. The number of benzene rings is 2. The van der Waals surface area contributed by atoms with Gasteiger partial charge in [-0.15, -0.1) is 0 Å². The molecule has 0 aliphatic carbocycles. The molecule has 2 rings (SSSR count). The van der Waals surface area contributed by atoms with Crippen LogP contribution in [0.25, 0.3) is 0 Å². The molecule has 0 aliphatic heterocycles. The normalized spacial score (nSPS) is 13.1. The molecule has 2 aromatic rings. The van der Waals surface area contributed by atoms with E-state index in [-0.39, 0.29) is 34.2 Å². The zero-order valence-corrected chi connectivity index (χ0v) is 22.8. The third-order valence-corrected chi connectivity index (χ3v) is 7.69. The lowest BCUT2D eigenvalue weighted by atomic mass is 10.1. The molecule has 0 heterocycles. The Bertz CT molecular complexity index is 1110. The number of hydrogen-bond donors (Lipinski definition) is 1. The number of hydrogen-bond acceptors (Lipinski definition) is 4. The average molecular weight is 543 g/mol. The summed E-state index contributed by atoms with van der Waals surface area (Å²) in [7, 11) is -3.89. The Labute approximate surface area is 218 Å². The van der Waals surface area contributed by atoms with Gasteiger partial charge in [-0.1, -0.05) is 73.4 Å². The lowest BCUT2D eigenvalue weighted by Crippen LogP contribution is -2.54. The molecule has 2 aromatic carbocycles. The topological polar surface area (TPSA) is 86.8 Å². The Morgan fingerprint density at radius 3 is 2.23 bits per heavy atom. The Morgan fingerprint density at radius 2 is 1.66 bits per heavy atom. The predicted molar refractivity (Wildman–Crippen MR) is 142 cm³/mol. The number of sulfonamides is 1. The van der Waals surface area contributed by atoms with Crippen molar-refractivity contribution in [1.82, 2.24) is 10.2 Å². The number of carbonyl (C=O) groups excluding carboxylic acids is 2. The highest BCUT2D eigenvalue weighted by Crippen LogP contribution is 2.33. The number of anilines is 1. The Balaban J connectivity index is 2.40. The molecule has 10 heteroatoms. The van der Waals surface area contributed by atoms with Crippen molar-refractivity contribution in [2.24, 2.45) is 0 Å². The molecule has 192 valence electrons. The molecule has 0 fully saturated rings. The van der Waals surface area contributed by atoms with Crippen molar-refractivity contribution in [3.63, 3.8) is 0 Å². The van der Waals surface area contributed by atoms with E-state index in [1.807, 2.05) is 51.1 Å². The quantitative estimate of drug-likeness (QED) is 0.427. The first-order chi connectivity index (χ1) is 16.5. The van der Waals surface area contributed by atoms with Gasteiger partial charge in [0, 0.05) is 12.6 Å². The summed E-state index contributed by atoms with van der Waals surface area (Å²) >= 11 is 12.4. The summed E-state index contributed by atoms with van der Waals surface area (Å²) in [6.07, 6.45) is 2.63. The summed E-state index contributed by atoms with van der Waals surface area (Å²) in [5.74, 6) is -0.775. The van der Waals surface area contributed by atoms with Crippen LogP contribution in [0.3, 0.4) is 0 Å². The van der Waals surface area contributed by atoms with Gasteiger partial charge in [0.25, 0.3) is 0 Å². The molecule has 0 aromatic heterocycles. The largest absolute Gasteiger partial charge is 0.352 e. The minimum Gasteiger partial charge on any atom is -0.352 e. The van der Waals surface area contributed by atoms with Gasteiger partial charge in [-0.2, -0.15) is 0 Å². The van der Waals surface area contributed by atoms with E-state index < -0.39 is 28.5 Å². The fourth-order valence-electron chi connectivity index (χ4n) is 3.62. The molecular weight excluding hydrogens is 509 g/mol. The third kappa shape index (κ3) is 8.12. The van der Waals surface area contributed by atoms with Crippen LogP contribution in [0.15, 0.2) is 48.5 Å². The molecule has 0 unspecified atom stereocenters. The van der Waals surface area contributed by atoms with Crippen LogP contribution >= 0.6 is 23.2 Å². The first-order valence-electron chi connectivity index (χ1n) is 11.5. The van der Waals surface area contributed by atoms with Gasteiger partial charge in [0.15, 0.2) is 0 Å².